The molecule has 0 aliphatic rings. The van der Waals surface area contributed by atoms with Crippen LogP contribution in [-0.2, 0) is 26.1 Å². The Kier molecular flexibility index (Phi) is 9.03. The number of rotatable bonds is 10. The van der Waals surface area contributed by atoms with Crippen molar-refractivity contribution in [2.45, 2.75) is 44.2 Å². The topological polar surface area (TPSA) is 92.8 Å². The molecule has 0 aromatic heterocycles. The average Bonchev–Trinajstić information content (AvgIpc) is 2.73. The number of sulfonamides is 1. The number of hydrogen-bond donors (Lipinski definition) is 1. The minimum atomic E-state index is -3.88. The quantitative estimate of drug-likeness (QED) is 0.540. The summed E-state index contributed by atoms with van der Waals surface area (Å²) in [5, 5.41) is 2.76. The summed E-state index contributed by atoms with van der Waals surface area (Å²) in [6, 6.07) is 12.9. The first-order valence-corrected chi connectivity index (χ1v) is 11.7. The monoisotopic (exact) mass is 466 g/mol. The van der Waals surface area contributed by atoms with Crippen molar-refractivity contribution in [1.29, 1.82) is 0 Å². The van der Waals surface area contributed by atoms with Crippen LogP contribution < -0.4 is 5.32 Å². The van der Waals surface area contributed by atoms with Gasteiger partial charge in [-0.25, -0.2) is 13.2 Å². The molecule has 0 aliphatic carbocycles. The summed E-state index contributed by atoms with van der Waals surface area (Å²) >= 11 is 6.08. The molecule has 0 saturated carbocycles. The maximum atomic E-state index is 12.9. The highest BCUT2D eigenvalue weighted by atomic mass is 35.5. The lowest BCUT2D eigenvalue weighted by Gasteiger charge is -2.18. The van der Waals surface area contributed by atoms with Gasteiger partial charge in [0, 0.05) is 19.6 Å². The van der Waals surface area contributed by atoms with E-state index in [4.69, 9.17) is 16.3 Å². The van der Waals surface area contributed by atoms with Crippen molar-refractivity contribution in [2.24, 2.45) is 0 Å². The summed E-state index contributed by atoms with van der Waals surface area (Å²) in [5.41, 5.74) is 0.704. The summed E-state index contributed by atoms with van der Waals surface area (Å²) in [5.74, 6) is -1.30. The van der Waals surface area contributed by atoms with Crippen LogP contribution in [0.25, 0.3) is 0 Å². The van der Waals surface area contributed by atoms with Crippen molar-refractivity contribution >= 4 is 33.5 Å². The lowest BCUT2D eigenvalue weighted by molar-refractivity contribution is -0.124. The number of carbonyl (C=O) groups excluding carboxylic acids is 2. The molecular weight excluding hydrogens is 440 g/mol. The van der Waals surface area contributed by atoms with Crippen molar-refractivity contribution < 1.29 is 22.7 Å². The SMILES string of the molecule is CCC[C@H](C)NC(=O)COC(=O)c1cc(S(=O)(=O)N(C)Cc2ccccc2)ccc1Cl. The van der Waals surface area contributed by atoms with Gasteiger partial charge >= 0.3 is 5.97 Å². The highest BCUT2D eigenvalue weighted by Gasteiger charge is 2.24. The molecule has 1 N–H and O–H groups in total. The van der Waals surface area contributed by atoms with Gasteiger partial charge in [0.15, 0.2) is 6.61 Å². The maximum Gasteiger partial charge on any atom is 0.340 e. The second-order valence-electron chi connectivity index (χ2n) is 7.22. The summed E-state index contributed by atoms with van der Waals surface area (Å²) in [7, 11) is -2.42. The molecule has 0 radical (unpaired) electrons. The van der Waals surface area contributed by atoms with Crippen LogP contribution in [0.15, 0.2) is 53.4 Å². The molecule has 31 heavy (non-hydrogen) atoms. The number of halogens is 1. The molecule has 0 fully saturated rings. The third-order valence-corrected chi connectivity index (χ3v) is 6.71. The van der Waals surface area contributed by atoms with Crippen LogP contribution in [0.1, 0.15) is 42.6 Å². The highest BCUT2D eigenvalue weighted by molar-refractivity contribution is 7.89. The number of nitrogens with one attached hydrogen (secondary N) is 1. The summed E-state index contributed by atoms with van der Waals surface area (Å²) < 4.78 is 32.1. The lowest BCUT2D eigenvalue weighted by atomic mass is 10.2. The van der Waals surface area contributed by atoms with Crippen molar-refractivity contribution in [2.75, 3.05) is 13.7 Å². The van der Waals surface area contributed by atoms with E-state index in [1.54, 1.807) is 0 Å². The summed E-state index contributed by atoms with van der Waals surface area (Å²) in [4.78, 5) is 24.2. The smallest absolute Gasteiger partial charge is 0.340 e. The van der Waals surface area contributed by atoms with Gasteiger partial charge in [-0.15, -0.1) is 0 Å². The molecule has 1 atom stereocenters. The zero-order chi connectivity index (χ0) is 23.0. The fourth-order valence-corrected chi connectivity index (χ4v) is 4.34. The second-order valence-corrected chi connectivity index (χ2v) is 9.67. The highest BCUT2D eigenvalue weighted by Crippen LogP contribution is 2.24. The van der Waals surface area contributed by atoms with E-state index in [2.05, 4.69) is 5.32 Å². The van der Waals surface area contributed by atoms with E-state index in [-0.39, 0.29) is 28.1 Å². The van der Waals surface area contributed by atoms with Crippen LogP contribution in [0.4, 0.5) is 0 Å². The third-order valence-electron chi connectivity index (χ3n) is 4.58. The van der Waals surface area contributed by atoms with Crippen LogP contribution in [0.2, 0.25) is 5.02 Å². The molecule has 168 valence electrons. The predicted molar refractivity (Wildman–Crippen MR) is 119 cm³/mol. The van der Waals surface area contributed by atoms with Crippen molar-refractivity contribution in [1.82, 2.24) is 9.62 Å². The number of nitrogens with zero attached hydrogens (tertiary/aromatic N) is 1. The maximum absolute atomic E-state index is 12.9. The Hall–Kier alpha value is -2.42. The molecule has 2 aromatic carbocycles. The summed E-state index contributed by atoms with van der Waals surface area (Å²) in [6.07, 6.45) is 1.72. The predicted octanol–water partition coefficient (Wildman–Crippen LogP) is 3.62. The van der Waals surface area contributed by atoms with Gasteiger partial charge in [-0.2, -0.15) is 4.31 Å². The first kappa shape index (κ1) is 24.8. The molecule has 0 saturated heterocycles. The molecule has 0 unspecified atom stereocenters. The Morgan fingerprint density at radius 3 is 2.48 bits per heavy atom. The zero-order valence-electron chi connectivity index (χ0n) is 17.8. The van der Waals surface area contributed by atoms with Crippen LogP contribution in [0.5, 0.6) is 0 Å². The number of hydrogen-bond acceptors (Lipinski definition) is 5. The van der Waals surface area contributed by atoms with Crippen molar-refractivity contribution in [3.05, 3.63) is 64.7 Å². The van der Waals surface area contributed by atoms with E-state index in [0.717, 1.165) is 18.4 Å². The van der Waals surface area contributed by atoms with Gasteiger partial charge in [0.05, 0.1) is 15.5 Å². The van der Waals surface area contributed by atoms with Gasteiger partial charge in [0.25, 0.3) is 5.91 Å². The fraction of sp³-hybridized carbons (Fsp3) is 0.364. The van der Waals surface area contributed by atoms with Gasteiger partial charge in [-0.3, -0.25) is 4.79 Å². The Morgan fingerprint density at radius 2 is 1.84 bits per heavy atom. The Bertz CT molecular complexity index is 1010. The van der Waals surface area contributed by atoms with Crippen LogP contribution >= 0.6 is 11.6 Å². The van der Waals surface area contributed by atoms with Crippen molar-refractivity contribution in [3.63, 3.8) is 0 Å². The van der Waals surface area contributed by atoms with Crippen LogP contribution in [0, 0.1) is 0 Å². The Balaban J connectivity index is 2.11. The molecule has 2 aromatic rings. The Morgan fingerprint density at radius 1 is 1.16 bits per heavy atom. The molecule has 7 nitrogen and oxygen atoms in total. The standard InChI is InChI=1S/C22H27ClN2O5S/c1-4-8-16(2)24-21(26)15-30-22(27)19-13-18(11-12-20(19)23)31(28,29)25(3)14-17-9-6-5-7-10-17/h5-7,9-13,16H,4,8,14-15H2,1-3H3,(H,24,26)/t16-/m0/s1. The molecule has 0 bridgehead atoms. The Labute approximate surface area is 188 Å². The first-order chi connectivity index (χ1) is 14.6. The molecule has 0 spiro atoms. The number of carbonyl (C=O) groups is 2. The van der Waals surface area contributed by atoms with E-state index in [1.165, 1.54) is 29.6 Å². The molecule has 0 aliphatic heterocycles. The molecular formula is C22H27ClN2O5S. The van der Waals surface area contributed by atoms with Crippen LogP contribution in [0.3, 0.4) is 0 Å². The molecule has 2 rings (SSSR count). The van der Waals surface area contributed by atoms with Gasteiger partial charge < -0.3 is 10.1 Å². The van der Waals surface area contributed by atoms with Crippen molar-refractivity contribution in [3.8, 4) is 0 Å². The number of amides is 1. The van der Waals surface area contributed by atoms with Gasteiger partial charge in [0.2, 0.25) is 10.0 Å². The normalized spacial score (nSPS) is 12.4. The van der Waals surface area contributed by atoms with E-state index >= 15 is 0 Å². The van der Waals surface area contributed by atoms with Crippen LogP contribution in [-0.4, -0.2) is 44.3 Å². The molecule has 9 heteroatoms. The molecule has 1 amide bonds. The van der Waals surface area contributed by atoms with E-state index < -0.39 is 28.5 Å². The van der Waals surface area contributed by atoms with Gasteiger partial charge in [-0.1, -0.05) is 55.3 Å². The largest absolute Gasteiger partial charge is 0.452 e. The first-order valence-electron chi connectivity index (χ1n) is 9.91. The molecule has 0 heterocycles. The zero-order valence-corrected chi connectivity index (χ0v) is 19.4. The average molecular weight is 467 g/mol. The third kappa shape index (κ3) is 7.05. The fourth-order valence-electron chi connectivity index (χ4n) is 2.96. The lowest BCUT2D eigenvalue weighted by Crippen LogP contribution is -2.35. The van der Waals surface area contributed by atoms with E-state index in [1.807, 2.05) is 44.2 Å². The minimum Gasteiger partial charge on any atom is -0.452 e. The number of esters is 1. The van der Waals surface area contributed by atoms with Gasteiger partial charge in [-0.05, 0) is 37.1 Å². The van der Waals surface area contributed by atoms with E-state index in [9.17, 15) is 18.0 Å². The second kappa shape index (κ2) is 11.3. The van der Waals surface area contributed by atoms with E-state index in [0.29, 0.717) is 0 Å². The minimum absolute atomic E-state index is 0.0339. The van der Waals surface area contributed by atoms with Gasteiger partial charge in [0.1, 0.15) is 0 Å². The number of ether oxygens (including phenoxy) is 1. The summed E-state index contributed by atoms with van der Waals surface area (Å²) in [6.45, 7) is 3.55. The number of benzene rings is 2.